The molecule has 1 fully saturated rings. The maximum absolute atomic E-state index is 10.1. The van der Waals surface area contributed by atoms with Gasteiger partial charge in [0.15, 0.2) is 0 Å². The van der Waals surface area contributed by atoms with E-state index in [2.05, 4.69) is 33.1 Å². The van der Waals surface area contributed by atoms with Crippen LogP contribution in [0, 0.1) is 0 Å². The Morgan fingerprint density at radius 1 is 1.53 bits per heavy atom. The summed E-state index contributed by atoms with van der Waals surface area (Å²) in [7, 11) is -1.32. The van der Waals surface area contributed by atoms with Gasteiger partial charge in [-0.1, -0.05) is 31.8 Å². The van der Waals surface area contributed by atoms with Gasteiger partial charge in [-0.15, -0.1) is 6.58 Å². The molecule has 1 saturated heterocycles. The minimum atomic E-state index is -1.32. The molecule has 0 aromatic heterocycles. The highest BCUT2D eigenvalue weighted by molar-refractivity contribution is 6.82. The van der Waals surface area contributed by atoms with Crippen LogP contribution in [0.3, 0.4) is 0 Å². The second kappa shape index (κ2) is 4.04. The van der Waals surface area contributed by atoms with E-state index in [9.17, 15) is 5.11 Å². The molecule has 0 aromatic rings. The van der Waals surface area contributed by atoms with Crippen molar-refractivity contribution in [2.24, 2.45) is 0 Å². The lowest BCUT2D eigenvalue weighted by Crippen LogP contribution is -2.34. The van der Waals surface area contributed by atoms with E-state index in [1.54, 1.807) is 0 Å². The largest absolute Gasteiger partial charge is 0.390 e. The molecule has 1 aliphatic heterocycles. The summed E-state index contributed by atoms with van der Waals surface area (Å²) in [5, 5.41) is 11.3. The Hall–Kier alpha value is -0.123. The van der Waals surface area contributed by atoms with Crippen LogP contribution in [0.1, 0.15) is 26.7 Å². The monoisotopic (exact) mass is 228 g/mol. The molecular formula is C12H24O2Si. The molecule has 2 nitrogen and oxygen atoms in total. The molecule has 0 spiro atoms. The van der Waals surface area contributed by atoms with Crippen LogP contribution in [0.5, 0.6) is 0 Å². The van der Waals surface area contributed by atoms with E-state index in [0.717, 1.165) is 6.42 Å². The van der Waals surface area contributed by atoms with Gasteiger partial charge in [0.2, 0.25) is 0 Å². The van der Waals surface area contributed by atoms with Gasteiger partial charge in [0, 0.05) is 0 Å². The Morgan fingerprint density at radius 3 is 2.40 bits per heavy atom. The lowest BCUT2D eigenvalue weighted by molar-refractivity contribution is 0.0863. The van der Waals surface area contributed by atoms with Gasteiger partial charge in [-0.25, -0.2) is 0 Å². The third-order valence-electron chi connectivity index (χ3n) is 3.51. The molecule has 0 aliphatic carbocycles. The fourth-order valence-corrected chi connectivity index (χ4v) is 2.60. The average molecular weight is 228 g/mol. The van der Waals surface area contributed by atoms with Crippen molar-refractivity contribution in [1.29, 1.82) is 0 Å². The highest BCUT2D eigenvalue weighted by atomic mass is 28.3. The first-order chi connectivity index (χ1) is 6.71. The second-order valence-corrected chi connectivity index (χ2v) is 11.0. The highest BCUT2D eigenvalue weighted by Crippen LogP contribution is 2.43. The molecule has 3 heteroatoms. The van der Waals surface area contributed by atoms with Gasteiger partial charge in [0.25, 0.3) is 0 Å². The van der Waals surface area contributed by atoms with Crippen molar-refractivity contribution in [1.82, 2.24) is 0 Å². The quantitative estimate of drug-likeness (QED) is 0.580. The van der Waals surface area contributed by atoms with Gasteiger partial charge in [-0.05, 0) is 19.8 Å². The molecule has 1 heterocycles. The lowest BCUT2D eigenvalue weighted by atomic mass is 9.97. The van der Waals surface area contributed by atoms with Crippen LogP contribution in [0.4, 0.5) is 0 Å². The van der Waals surface area contributed by atoms with E-state index in [-0.39, 0.29) is 17.8 Å². The Labute approximate surface area is 94.3 Å². The van der Waals surface area contributed by atoms with Crippen molar-refractivity contribution in [2.45, 2.75) is 64.1 Å². The van der Waals surface area contributed by atoms with E-state index < -0.39 is 8.07 Å². The van der Waals surface area contributed by atoms with Crippen LogP contribution in [-0.4, -0.2) is 31.0 Å². The van der Waals surface area contributed by atoms with Crippen molar-refractivity contribution in [3.05, 3.63) is 11.8 Å². The van der Waals surface area contributed by atoms with Crippen molar-refractivity contribution >= 4 is 8.07 Å². The molecule has 0 bridgehead atoms. The first-order valence-corrected chi connectivity index (χ1v) is 9.26. The summed E-state index contributed by atoms with van der Waals surface area (Å²) in [5.41, 5.74) is -0.308. The van der Waals surface area contributed by atoms with Crippen LogP contribution < -0.4 is 0 Å². The summed E-state index contributed by atoms with van der Waals surface area (Å²) in [6, 6.07) is 0. The zero-order valence-electron chi connectivity index (χ0n) is 10.6. The van der Waals surface area contributed by atoms with E-state index in [4.69, 9.17) is 4.74 Å². The second-order valence-electron chi connectivity index (χ2n) is 5.77. The Balaban J connectivity index is 2.51. The smallest absolute Gasteiger partial charge is 0.118 e. The van der Waals surface area contributed by atoms with Gasteiger partial charge in [0.1, 0.15) is 5.60 Å². The Kier molecular flexibility index (Phi) is 3.48. The number of hydrogen-bond donors (Lipinski definition) is 1. The van der Waals surface area contributed by atoms with E-state index >= 15 is 0 Å². The van der Waals surface area contributed by atoms with Crippen LogP contribution in [0.2, 0.25) is 19.6 Å². The number of hydrogen-bond acceptors (Lipinski definition) is 2. The van der Waals surface area contributed by atoms with Gasteiger partial charge >= 0.3 is 0 Å². The normalized spacial score (nSPS) is 32.5. The molecule has 0 radical (unpaired) electrons. The number of rotatable bonds is 5. The summed E-state index contributed by atoms with van der Waals surface area (Å²) >= 11 is 0. The summed E-state index contributed by atoms with van der Waals surface area (Å²) in [5.74, 6) is 0. The summed E-state index contributed by atoms with van der Waals surface area (Å²) in [6.07, 6.45) is 1.53. The van der Waals surface area contributed by atoms with Gasteiger partial charge in [-0.2, -0.15) is 0 Å². The minimum Gasteiger partial charge on any atom is -0.390 e. The standard InChI is InChI=1S/C12H24O2Si/c1-7-11-12(3,14-11)10(13)8-9(2)15(4,5)6/h10-11,13H,2,7-8H2,1,3-6H3/t10-,11+,12+/m0/s1. The maximum atomic E-state index is 10.1. The van der Waals surface area contributed by atoms with Crippen molar-refractivity contribution < 1.29 is 9.84 Å². The van der Waals surface area contributed by atoms with Crippen LogP contribution in [-0.2, 0) is 4.74 Å². The van der Waals surface area contributed by atoms with Gasteiger partial charge in [0.05, 0.1) is 20.3 Å². The molecule has 1 rings (SSSR count). The first kappa shape index (κ1) is 12.9. The zero-order chi connectivity index (χ0) is 11.9. The molecule has 1 N–H and O–H groups in total. The number of aliphatic hydroxyl groups excluding tert-OH is 1. The fraction of sp³-hybridized carbons (Fsp3) is 0.833. The number of ether oxygens (including phenoxy) is 1. The predicted octanol–water partition coefficient (Wildman–Crippen LogP) is 2.74. The maximum Gasteiger partial charge on any atom is 0.118 e. The third kappa shape index (κ3) is 2.71. The molecule has 15 heavy (non-hydrogen) atoms. The molecular weight excluding hydrogens is 204 g/mol. The Morgan fingerprint density at radius 2 is 2.07 bits per heavy atom. The SMILES string of the molecule is C=C(C[C@H](O)[C@@]1(C)O[C@@H]1CC)[Si](C)(C)C. The molecule has 1 aliphatic rings. The van der Waals surface area contributed by atoms with Crippen LogP contribution >= 0.6 is 0 Å². The number of aliphatic hydroxyl groups is 1. The lowest BCUT2D eigenvalue weighted by Gasteiger charge is -2.24. The summed E-state index contributed by atoms with van der Waals surface area (Å²) < 4.78 is 5.55. The third-order valence-corrected chi connectivity index (χ3v) is 5.84. The van der Waals surface area contributed by atoms with E-state index in [1.807, 2.05) is 6.92 Å². The van der Waals surface area contributed by atoms with E-state index in [1.165, 1.54) is 5.20 Å². The molecule has 0 aromatic carbocycles. The molecule has 3 atom stereocenters. The minimum absolute atomic E-state index is 0.238. The molecule has 0 unspecified atom stereocenters. The van der Waals surface area contributed by atoms with Gasteiger partial charge in [-0.3, -0.25) is 0 Å². The van der Waals surface area contributed by atoms with Gasteiger partial charge < -0.3 is 9.84 Å². The Bertz CT molecular complexity index is 257. The van der Waals surface area contributed by atoms with Crippen molar-refractivity contribution in [3.8, 4) is 0 Å². The van der Waals surface area contributed by atoms with Crippen LogP contribution in [0.25, 0.3) is 0 Å². The van der Waals surface area contributed by atoms with Crippen molar-refractivity contribution in [3.63, 3.8) is 0 Å². The van der Waals surface area contributed by atoms with E-state index in [0.29, 0.717) is 6.42 Å². The first-order valence-electron chi connectivity index (χ1n) is 5.76. The summed E-state index contributed by atoms with van der Waals surface area (Å²) in [4.78, 5) is 0. The molecule has 0 amide bonds. The van der Waals surface area contributed by atoms with Crippen molar-refractivity contribution in [2.75, 3.05) is 0 Å². The number of epoxide rings is 1. The van der Waals surface area contributed by atoms with Crippen LogP contribution in [0.15, 0.2) is 11.8 Å². The fourth-order valence-electron chi connectivity index (χ4n) is 1.80. The molecule has 88 valence electrons. The predicted molar refractivity (Wildman–Crippen MR) is 66.7 cm³/mol. The summed E-state index contributed by atoms with van der Waals surface area (Å²) in [6.45, 7) is 15.0. The molecule has 0 saturated carbocycles. The zero-order valence-corrected chi connectivity index (χ0v) is 11.6. The highest BCUT2D eigenvalue weighted by Gasteiger charge is 2.56. The topological polar surface area (TPSA) is 32.8 Å². The average Bonchev–Trinajstić information content (AvgIpc) is 2.77.